The number of aryl methyl sites for hydroxylation is 1. The number of anilines is 2. The Morgan fingerprint density at radius 3 is 2.45 bits per heavy atom. The highest BCUT2D eigenvalue weighted by Gasteiger charge is 2.09. The van der Waals surface area contributed by atoms with Gasteiger partial charge in [0.2, 0.25) is 5.91 Å². The number of hydrogen-bond donors (Lipinski definition) is 2. The summed E-state index contributed by atoms with van der Waals surface area (Å²) >= 11 is 0. The van der Waals surface area contributed by atoms with E-state index in [1.54, 1.807) is 0 Å². The van der Waals surface area contributed by atoms with Gasteiger partial charge in [0.1, 0.15) is 0 Å². The molecule has 0 atom stereocenters. The maximum absolute atomic E-state index is 12.0. The molecule has 0 radical (unpaired) electrons. The van der Waals surface area contributed by atoms with Gasteiger partial charge in [-0.05, 0) is 37.5 Å². The van der Waals surface area contributed by atoms with Gasteiger partial charge in [0, 0.05) is 6.42 Å². The zero-order valence-electron chi connectivity index (χ0n) is 13.1. The molecule has 0 unspecified atom stereocenters. The number of carbonyl (C=O) groups is 1. The molecule has 1 rings (SSSR count). The van der Waals surface area contributed by atoms with Crippen LogP contribution in [0, 0.1) is 13.8 Å². The Hall–Kier alpha value is -1.51. The fraction of sp³-hybridized carbons (Fsp3) is 0.588. The van der Waals surface area contributed by atoms with Gasteiger partial charge in [-0.15, -0.1) is 0 Å². The molecule has 0 saturated heterocycles. The summed E-state index contributed by atoms with van der Waals surface area (Å²) in [5, 5.41) is 2.96. The SMILES string of the molecule is CCCCCCCCC(=O)Nc1c(N)ccc(C)c1C. The summed E-state index contributed by atoms with van der Waals surface area (Å²) in [5.41, 5.74) is 9.56. The number of amides is 1. The van der Waals surface area contributed by atoms with Crippen molar-refractivity contribution in [3.05, 3.63) is 23.3 Å². The van der Waals surface area contributed by atoms with Crippen molar-refractivity contribution >= 4 is 17.3 Å². The molecule has 0 saturated carbocycles. The Kier molecular flexibility index (Phi) is 7.13. The van der Waals surface area contributed by atoms with Gasteiger partial charge in [-0.3, -0.25) is 4.79 Å². The standard InChI is InChI=1S/C17H28N2O/c1-4-5-6-7-8-9-10-16(20)19-17-14(3)13(2)11-12-15(17)18/h11-12H,4-10,18H2,1-3H3,(H,19,20). The van der Waals surface area contributed by atoms with Gasteiger partial charge in [-0.1, -0.05) is 45.1 Å². The van der Waals surface area contributed by atoms with Gasteiger partial charge in [0.25, 0.3) is 0 Å². The van der Waals surface area contributed by atoms with E-state index in [-0.39, 0.29) is 5.91 Å². The first-order chi connectivity index (χ1) is 9.56. The maximum Gasteiger partial charge on any atom is 0.224 e. The summed E-state index contributed by atoms with van der Waals surface area (Å²) < 4.78 is 0. The minimum absolute atomic E-state index is 0.0703. The molecule has 20 heavy (non-hydrogen) atoms. The Morgan fingerprint density at radius 1 is 1.10 bits per heavy atom. The van der Waals surface area contributed by atoms with E-state index in [2.05, 4.69) is 12.2 Å². The van der Waals surface area contributed by atoms with Gasteiger partial charge < -0.3 is 11.1 Å². The third-order valence-electron chi connectivity index (χ3n) is 3.79. The molecule has 0 aliphatic carbocycles. The number of unbranched alkanes of at least 4 members (excludes halogenated alkanes) is 5. The molecule has 3 nitrogen and oxygen atoms in total. The first kappa shape index (κ1) is 16.5. The highest BCUT2D eigenvalue weighted by molar-refractivity contribution is 5.95. The summed E-state index contributed by atoms with van der Waals surface area (Å²) in [6, 6.07) is 3.83. The van der Waals surface area contributed by atoms with E-state index >= 15 is 0 Å². The van der Waals surface area contributed by atoms with Crippen LogP contribution in [0.1, 0.15) is 63.0 Å². The number of hydrogen-bond acceptors (Lipinski definition) is 2. The molecule has 0 heterocycles. The number of rotatable bonds is 8. The van der Waals surface area contributed by atoms with E-state index in [1.807, 2.05) is 26.0 Å². The lowest BCUT2D eigenvalue weighted by molar-refractivity contribution is -0.116. The molecule has 1 amide bonds. The molecule has 0 aliphatic rings. The lowest BCUT2D eigenvalue weighted by atomic mass is 10.1. The van der Waals surface area contributed by atoms with Crippen molar-refractivity contribution in [3.63, 3.8) is 0 Å². The van der Waals surface area contributed by atoms with Crippen molar-refractivity contribution in [3.8, 4) is 0 Å². The van der Waals surface area contributed by atoms with E-state index in [9.17, 15) is 4.79 Å². The summed E-state index contributed by atoms with van der Waals surface area (Å²) in [6.07, 6.45) is 7.74. The molecule has 0 spiro atoms. The van der Waals surface area contributed by atoms with Crippen LogP contribution >= 0.6 is 0 Å². The van der Waals surface area contributed by atoms with Crippen LogP contribution in [0.3, 0.4) is 0 Å². The molecule has 1 aromatic carbocycles. The first-order valence-electron chi connectivity index (χ1n) is 7.71. The van der Waals surface area contributed by atoms with Crippen LogP contribution < -0.4 is 11.1 Å². The lowest BCUT2D eigenvalue weighted by Crippen LogP contribution is -2.14. The normalized spacial score (nSPS) is 10.6. The number of nitrogen functional groups attached to an aromatic ring is 1. The van der Waals surface area contributed by atoms with Crippen LogP contribution in [0.5, 0.6) is 0 Å². The number of nitrogens with two attached hydrogens (primary N) is 1. The molecule has 0 bridgehead atoms. The van der Waals surface area contributed by atoms with Gasteiger partial charge in [-0.25, -0.2) is 0 Å². The topological polar surface area (TPSA) is 55.1 Å². The predicted octanol–water partition coefficient (Wildman–Crippen LogP) is 4.57. The van der Waals surface area contributed by atoms with E-state index < -0.39 is 0 Å². The lowest BCUT2D eigenvalue weighted by Gasteiger charge is -2.13. The number of nitrogens with one attached hydrogen (secondary N) is 1. The third-order valence-corrected chi connectivity index (χ3v) is 3.79. The Labute approximate surface area is 122 Å². The van der Waals surface area contributed by atoms with Crippen molar-refractivity contribution < 1.29 is 4.79 Å². The molecule has 0 aliphatic heterocycles. The number of benzene rings is 1. The zero-order valence-corrected chi connectivity index (χ0v) is 13.1. The van der Waals surface area contributed by atoms with Crippen molar-refractivity contribution in [1.82, 2.24) is 0 Å². The Bertz CT molecular complexity index is 441. The zero-order chi connectivity index (χ0) is 15.0. The van der Waals surface area contributed by atoms with Gasteiger partial charge in [-0.2, -0.15) is 0 Å². The van der Waals surface area contributed by atoms with E-state index in [4.69, 9.17) is 5.73 Å². The predicted molar refractivity (Wildman–Crippen MR) is 87.0 cm³/mol. The molecule has 1 aromatic rings. The monoisotopic (exact) mass is 276 g/mol. The van der Waals surface area contributed by atoms with Crippen LogP contribution in [-0.4, -0.2) is 5.91 Å². The highest BCUT2D eigenvalue weighted by Crippen LogP contribution is 2.26. The van der Waals surface area contributed by atoms with Gasteiger partial charge in [0.15, 0.2) is 0 Å². The van der Waals surface area contributed by atoms with Crippen LogP contribution in [0.4, 0.5) is 11.4 Å². The molecular formula is C17H28N2O. The van der Waals surface area contributed by atoms with Gasteiger partial charge >= 0.3 is 0 Å². The van der Waals surface area contributed by atoms with Crippen molar-refractivity contribution in [2.75, 3.05) is 11.1 Å². The van der Waals surface area contributed by atoms with Crippen LogP contribution in [-0.2, 0) is 4.79 Å². The molecule has 112 valence electrons. The highest BCUT2D eigenvalue weighted by atomic mass is 16.1. The van der Waals surface area contributed by atoms with Crippen molar-refractivity contribution in [1.29, 1.82) is 0 Å². The quantitative estimate of drug-likeness (QED) is 0.539. The number of carbonyl (C=O) groups excluding carboxylic acids is 1. The second-order valence-corrected chi connectivity index (χ2v) is 5.54. The molecule has 3 N–H and O–H groups in total. The molecular weight excluding hydrogens is 248 g/mol. The average molecular weight is 276 g/mol. The van der Waals surface area contributed by atoms with Gasteiger partial charge in [0.05, 0.1) is 11.4 Å². The second-order valence-electron chi connectivity index (χ2n) is 5.54. The summed E-state index contributed by atoms with van der Waals surface area (Å²) in [7, 11) is 0. The average Bonchev–Trinajstić information content (AvgIpc) is 2.43. The van der Waals surface area contributed by atoms with Crippen LogP contribution in [0.15, 0.2) is 12.1 Å². The Morgan fingerprint density at radius 2 is 1.75 bits per heavy atom. The fourth-order valence-corrected chi connectivity index (χ4v) is 2.27. The van der Waals surface area contributed by atoms with Crippen molar-refractivity contribution in [2.45, 2.75) is 65.7 Å². The van der Waals surface area contributed by atoms with E-state index in [0.717, 1.165) is 29.7 Å². The molecule has 3 heteroatoms. The molecule has 0 aromatic heterocycles. The fourth-order valence-electron chi connectivity index (χ4n) is 2.27. The minimum Gasteiger partial charge on any atom is -0.397 e. The van der Waals surface area contributed by atoms with Crippen LogP contribution in [0.25, 0.3) is 0 Å². The minimum atomic E-state index is 0.0703. The largest absolute Gasteiger partial charge is 0.397 e. The third kappa shape index (κ3) is 5.24. The van der Waals surface area contributed by atoms with Crippen LogP contribution in [0.2, 0.25) is 0 Å². The molecule has 0 fully saturated rings. The Balaban J connectivity index is 2.38. The first-order valence-corrected chi connectivity index (χ1v) is 7.71. The van der Waals surface area contributed by atoms with E-state index in [1.165, 1.54) is 25.7 Å². The maximum atomic E-state index is 12.0. The van der Waals surface area contributed by atoms with Crippen molar-refractivity contribution in [2.24, 2.45) is 0 Å². The smallest absolute Gasteiger partial charge is 0.224 e. The summed E-state index contributed by atoms with van der Waals surface area (Å²) in [6.45, 7) is 6.23. The summed E-state index contributed by atoms with van der Waals surface area (Å²) in [5.74, 6) is 0.0703. The summed E-state index contributed by atoms with van der Waals surface area (Å²) in [4.78, 5) is 12.0. The second kappa shape index (κ2) is 8.62. The van der Waals surface area contributed by atoms with E-state index in [0.29, 0.717) is 12.1 Å².